The molecule has 6 rings (SSSR count). The van der Waals surface area contributed by atoms with Gasteiger partial charge in [0.2, 0.25) is 0 Å². The first-order chi connectivity index (χ1) is 17.9. The van der Waals surface area contributed by atoms with Gasteiger partial charge in [-0.2, -0.15) is 0 Å². The molecular formula is C31H23NO5. The van der Waals surface area contributed by atoms with Gasteiger partial charge in [-0.1, -0.05) is 66.7 Å². The fourth-order valence-corrected chi connectivity index (χ4v) is 5.31. The van der Waals surface area contributed by atoms with Gasteiger partial charge in [0.05, 0.1) is 0 Å². The highest BCUT2D eigenvalue weighted by molar-refractivity contribution is 6.27. The van der Waals surface area contributed by atoms with Crippen molar-refractivity contribution in [1.29, 1.82) is 0 Å². The fraction of sp³-hybridized carbons (Fsp3) is 0.161. The molecule has 0 N–H and O–H groups in total. The van der Waals surface area contributed by atoms with Gasteiger partial charge in [-0.15, -0.1) is 0 Å². The van der Waals surface area contributed by atoms with Gasteiger partial charge >= 0.3 is 5.97 Å². The Balaban J connectivity index is 1.17. The van der Waals surface area contributed by atoms with Crippen molar-refractivity contribution in [2.75, 3.05) is 6.61 Å². The predicted molar refractivity (Wildman–Crippen MR) is 138 cm³/mol. The summed E-state index contributed by atoms with van der Waals surface area (Å²) in [6, 6.07) is 23.0. The molecule has 0 aromatic heterocycles. The van der Waals surface area contributed by atoms with E-state index in [-0.39, 0.29) is 5.78 Å². The third-order valence-electron chi connectivity index (χ3n) is 7.28. The van der Waals surface area contributed by atoms with Crippen LogP contribution < -0.4 is 0 Å². The van der Waals surface area contributed by atoms with Crippen LogP contribution in [0.1, 0.15) is 49.1 Å². The van der Waals surface area contributed by atoms with E-state index in [4.69, 9.17) is 4.74 Å². The molecule has 0 spiro atoms. The Morgan fingerprint density at radius 3 is 1.92 bits per heavy atom. The number of ketones is 1. The van der Waals surface area contributed by atoms with E-state index >= 15 is 0 Å². The van der Waals surface area contributed by atoms with E-state index in [1.54, 1.807) is 24.3 Å². The Bertz CT molecular complexity index is 1550. The summed E-state index contributed by atoms with van der Waals surface area (Å²) in [5.74, 6) is -2.24. The Labute approximate surface area is 213 Å². The van der Waals surface area contributed by atoms with Crippen molar-refractivity contribution in [3.05, 3.63) is 107 Å². The number of nitrogens with zero attached hydrogens (tertiary/aromatic N) is 1. The minimum Gasteiger partial charge on any atom is -0.456 e. The molecule has 6 nitrogen and oxygen atoms in total. The van der Waals surface area contributed by atoms with Crippen LogP contribution in [-0.2, 0) is 22.4 Å². The van der Waals surface area contributed by atoms with E-state index in [2.05, 4.69) is 0 Å². The Hall–Kier alpha value is -4.58. The van der Waals surface area contributed by atoms with E-state index in [1.165, 1.54) is 6.92 Å². The van der Waals surface area contributed by atoms with Gasteiger partial charge in [-0.25, -0.2) is 4.79 Å². The van der Waals surface area contributed by atoms with E-state index in [0.29, 0.717) is 22.1 Å². The van der Waals surface area contributed by atoms with Crippen molar-refractivity contribution in [3.8, 4) is 11.1 Å². The number of imide groups is 1. The maximum Gasteiger partial charge on any atom is 0.329 e. The van der Waals surface area contributed by atoms with Crippen LogP contribution in [0.15, 0.2) is 78.9 Å². The van der Waals surface area contributed by atoms with Gasteiger partial charge in [0, 0.05) is 22.1 Å². The molecule has 4 aromatic rings. The SMILES string of the molecule is C[C@H](C(=O)OCC(=O)c1ccc(-c2ccccc2)cc1)N1C(=O)c2ccc3c4c(ccc(c24)C1=O)CC3. The maximum absolute atomic E-state index is 13.3. The van der Waals surface area contributed by atoms with Crippen molar-refractivity contribution < 1.29 is 23.9 Å². The number of aryl methyl sites for hydroxylation is 2. The number of benzene rings is 4. The molecule has 0 fully saturated rings. The maximum atomic E-state index is 13.3. The summed E-state index contributed by atoms with van der Waals surface area (Å²) in [7, 11) is 0. The van der Waals surface area contributed by atoms with Crippen LogP contribution in [0.2, 0.25) is 0 Å². The first kappa shape index (κ1) is 22.9. The van der Waals surface area contributed by atoms with E-state index < -0.39 is 30.4 Å². The van der Waals surface area contributed by atoms with Gasteiger partial charge in [0.15, 0.2) is 12.4 Å². The summed E-state index contributed by atoms with van der Waals surface area (Å²) in [6.45, 7) is 0.962. The Morgan fingerprint density at radius 2 is 1.32 bits per heavy atom. The van der Waals surface area contributed by atoms with Gasteiger partial charge in [-0.05, 0) is 59.5 Å². The van der Waals surface area contributed by atoms with Crippen LogP contribution >= 0.6 is 0 Å². The zero-order chi connectivity index (χ0) is 25.7. The van der Waals surface area contributed by atoms with Gasteiger partial charge in [0.1, 0.15) is 6.04 Å². The molecule has 0 bridgehead atoms. The molecule has 0 unspecified atom stereocenters. The summed E-state index contributed by atoms with van der Waals surface area (Å²) < 4.78 is 5.26. The smallest absolute Gasteiger partial charge is 0.329 e. The highest BCUT2D eigenvalue weighted by atomic mass is 16.5. The lowest BCUT2D eigenvalue weighted by Gasteiger charge is -2.31. The summed E-state index contributed by atoms with van der Waals surface area (Å²) in [5.41, 5.74) is 5.49. The number of hydrogen-bond donors (Lipinski definition) is 0. The minimum atomic E-state index is -1.18. The second-order valence-electron chi connectivity index (χ2n) is 9.43. The summed E-state index contributed by atoms with van der Waals surface area (Å²) in [5, 5.41) is 1.66. The standard InChI is InChI=1S/C31H23NO5/c1-18(31(36)37-17-26(33)21-9-7-20(8-10-21)19-5-3-2-4-6-19)32-29(34)24-15-13-22-11-12-23-14-16-25(30(32)35)28(24)27(22)23/h2-10,13-16,18H,11-12,17H2,1H3/t18-/m1/s1. The van der Waals surface area contributed by atoms with Crippen molar-refractivity contribution in [3.63, 3.8) is 0 Å². The average molecular weight is 490 g/mol. The number of amides is 2. The van der Waals surface area contributed by atoms with E-state index in [0.717, 1.165) is 45.4 Å². The van der Waals surface area contributed by atoms with Gasteiger partial charge in [0.25, 0.3) is 11.8 Å². The van der Waals surface area contributed by atoms with Crippen LogP contribution in [-0.4, -0.2) is 41.1 Å². The zero-order valence-corrected chi connectivity index (χ0v) is 20.2. The number of carbonyl (C=O) groups excluding carboxylic acids is 4. The molecule has 0 saturated carbocycles. The molecule has 0 radical (unpaired) electrons. The van der Waals surface area contributed by atoms with Gasteiger partial charge in [-0.3, -0.25) is 19.3 Å². The number of rotatable bonds is 6. The third-order valence-corrected chi connectivity index (χ3v) is 7.28. The lowest BCUT2D eigenvalue weighted by Crippen LogP contribution is -2.49. The summed E-state index contributed by atoms with van der Waals surface area (Å²) in [4.78, 5) is 53.1. The average Bonchev–Trinajstić information content (AvgIpc) is 3.36. The molecule has 182 valence electrons. The number of Topliss-reactive ketones (excluding diaryl/α,β-unsaturated/α-hetero) is 1. The first-order valence-electron chi connectivity index (χ1n) is 12.2. The molecule has 1 aliphatic heterocycles. The number of hydrogen-bond acceptors (Lipinski definition) is 5. The van der Waals surface area contributed by atoms with Crippen LogP contribution in [0.5, 0.6) is 0 Å². The molecule has 4 aromatic carbocycles. The van der Waals surface area contributed by atoms with Crippen LogP contribution in [0, 0.1) is 0 Å². The van der Waals surface area contributed by atoms with Crippen molar-refractivity contribution >= 4 is 34.3 Å². The molecule has 2 aliphatic rings. The van der Waals surface area contributed by atoms with Crippen molar-refractivity contribution in [2.45, 2.75) is 25.8 Å². The van der Waals surface area contributed by atoms with Gasteiger partial charge < -0.3 is 4.74 Å². The monoisotopic (exact) mass is 489 g/mol. The molecule has 37 heavy (non-hydrogen) atoms. The zero-order valence-electron chi connectivity index (χ0n) is 20.2. The Morgan fingerprint density at radius 1 is 0.757 bits per heavy atom. The molecular weight excluding hydrogens is 466 g/mol. The molecule has 6 heteroatoms. The normalized spacial score (nSPS) is 14.7. The number of ether oxygens (including phenoxy) is 1. The summed E-state index contributed by atoms with van der Waals surface area (Å²) in [6.07, 6.45) is 1.76. The Kier molecular flexibility index (Phi) is 5.45. The topological polar surface area (TPSA) is 80.8 Å². The number of carbonyl (C=O) groups is 4. The second-order valence-corrected chi connectivity index (χ2v) is 9.43. The van der Waals surface area contributed by atoms with Crippen LogP contribution in [0.4, 0.5) is 0 Å². The minimum absolute atomic E-state index is 0.370. The second kappa shape index (κ2) is 8.82. The third kappa shape index (κ3) is 3.73. The molecule has 1 heterocycles. The molecule has 2 amide bonds. The number of esters is 1. The van der Waals surface area contributed by atoms with Crippen LogP contribution in [0.3, 0.4) is 0 Å². The molecule has 1 aliphatic carbocycles. The van der Waals surface area contributed by atoms with E-state index in [9.17, 15) is 19.2 Å². The lowest BCUT2D eigenvalue weighted by molar-refractivity contribution is -0.146. The highest BCUT2D eigenvalue weighted by Gasteiger charge is 2.40. The fourth-order valence-electron chi connectivity index (χ4n) is 5.31. The predicted octanol–water partition coefficient (Wildman–Crippen LogP) is 5.02. The molecule has 1 atom stereocenters. The van der Waals surface area contributed by atoms with Crippen molar-refractivity contribution in [2.24, 2.45) is 0 Å². The summed E-state index contributed by atoms with van der Waals surface area (Å²) >= 11 is 0. The van der Waals surface area contributed by atoms with Crippen molar-refractivity contribution in [1.82, 2.24) is 4.90 Å². The van der Waals surface area contributed by atoms with E-state index in [1.807, 2.05) is 54.6 Å². The quantitative estimate of drug-likeness (QED) is 0.216. The largest absolute Gasteiger partial charge is 0.456 e. The van der Waals surface area contributed by atoms with Crippen LogP contribution in [0.25, 0.3) is 21.9 Å². The lowest BCUT2D eigenvalue weighted by atomic mass is 9.90. The molecule has 0 saturated heterocycles. The highest BCUT2D eigenvalue weighted by Crippen LogP contribution is 2.38. The first-order valence-corrected chi connectivity index (χ1v) is 12.2.